The first-order chi connectivity index (χ1) is 11.3. The Bertz CT molecular complexity index is 608. The Morgan fingerprint density at radius 1 is 1.29 bits per heavy atom. The quantitative estimate of drug-likeness (QED) is 0.772. The SMILES string of the molecule is CC(C)(C)OC(=O)N1CCCc2ccc(CCCCC(=O)[O-])nc21. The van der Waals surface area contributed by atoms with Gasteiger partial charge in [-0.05, 0) is 70.9 Å². The number of rotatable bonds is 5. The maximum Gasteiger partial charge on any atom is 0.416 e. The molecule has 2 rings (SSSR count). The van der Waals surface area contributed by atoms with Gasteiger partial charge >= 0.3 is 6.09 Å². The first-order valence-corrected chi connectivity index (χ1v) is 8.45. The standard InChI is InChI=1S/C18H26N2O4/c1-18(2,3)24-17(23)20-12-6-7-13-10-11-14(19-16(13)20)8-4-5-9-15(21)22/h10-11H,4-9,12H2,1-3H3,(H,21,22)/p-1. The van der Waals surface area contributed by atoms with Crippen LogP contribution in [0.25, 0.3) is 0 Å². The third-order valence-electron chi connectivity index (χ3n) is 3.77. The molecule has 0 spiro atoms. The van der Waals surface area contributed by atoms with Crippen molar-refractivity contribution in [2.24, 2.45) is 0 Å². The van der Waals surface area contributed by atoms with E-state index in [0.29, 0.717) is 25.2 Å². The molecular formula is C18H25N2O4-. The van der Waals surface area contributed by atoms with Crippen LogP contribution < -0.4 is 10.0 Å². The molecule has 132 valence electrons. The lowest BCUT2D eigenvalue weighted by atomic mass is 10.0. The molecule has 6 heteroatoms. The smallest absolute Gasteiger partial charge is 0.416 e. The van der Waals surface area contributed by atoms with Crippen LogP contribution in [0.3, 0.4) is 0 Å². The van der Waals surface area contributed by atoms with E-state index in [9.17, 15) is 14.7 Å². The minimum Gasteiger partial charge on any atom is -0.550 e. The second-order valence-electron chi connectivity index (χ2n) is 7.10. The van der Waals surface area contributed by atoms with Gasteiger partial charge in [0, 0.05) is 18.2 Å². The van der Waals surface area contributed by atoms with Crippen LogP contribution in [-0.4, -0.2) is 29.2 Å². The summed E-state index contributed by atoms with van der Waals surface area (Å²) in [5.74, 6) is -0.350. The molecule has 6 nitrogen and oxygen atoms in total. The van der Waals surface area contributed by atoms with Crippen LogP contribution in [0, 0.1) is 0 Å². The molecule has 0 N–H and O–H groups in total. The third kappa shape index (κ3) is 5.22. The summed E-state index contributed by atoms with van der Waals surface area (Å²) in [4.78, 5) is 29.1. The second kappa shape index (κ2) is 7.64. The number of unbranched alkanes of at least 4 members (excludes halogenated alkanes) is 1. The summed E-state index contributed by atoms with van der Waals surface area (Å²) in [6, 6.07) is 3.96. The number of anilines is 1. The van der Waals surface area contributed by atoms with Crippen LogP contribution in [0.5, 0.6) is 0 Å². The summed E-state index contributed by atoms with van der Waals surface area (Å²) in [6.07, 6.45) is 3.46. The highest BCUT2D eigenvalue weighted by Crippen LogP contribution is 2.27. The van der Waals surface area contributed by atoms with Crippen molar-refractivity contribution in [3.05, 3.63) is 23.4 Å². The number of fused-ring (bicyclic) bond motifs is 1. The highest BCUT2D eigenvalue weighted by atomic mass is 16.6. The molecule has 0 saturated carbocycles. The molecule has 0 saturated heterocycles. The largest absolute Gasteiger partial charge is 0.550 e. The van der Waals surface area contributed by atoms with Gasteiger partial charge in [-0.1, -0.05) is 6.07 Å². The third-order valence-corrected chi connectivity index (χ3v) is 3.77. The number of aliphatic carboxylic acids is 1. The second-order valence-corrected chi connectivity index (χ2v) is 7.10. The number of hydrogen-bond acceptors (Lipinski definition) is 5. The molecule has 0 aliphatic carbocycles. The van der Waals surface area contributed by atoms with Gasteiger partial charge in [0.1, 0.15) is 11.4 Å². The minimum atomic E-state index is -1.02. The van der Waals surface area contributed by atoms with Gasteiger partial charge in [-0.3, -0.25) is 4.90 Å². The van der Waals surface area contributed by atoms with E-state index in [0.717, 1.165) is 30.5 Å². The van der Waals surface area contributed by atoms with Gasteiger partial charge in [-0.15, -0.1) is 0 Å². The van der Waals surface area contributed by atoms with Gasteiger partial charge in [-0.2, -0.15) is 0 Å². The number of pyridine rings is 1. The summed E-state index contributed by atoms with van der Waals surface area (Å²) >= 11 is 0. The molecule has 0 unspecified atom stereocenters. The number of carbonyl (C=O) groups is 2. The number of nitrogens with zero attached hydrogens (tertiary/aromatic N) is 2. The maximum absolute atomic E-state index is 12.4. The molecule has 1 aliphatic rings. The summed E-state index contributed by atoms with van der Waals surface area (Å²) < 4.78 is 5.47. The van der Waals surface area contributed by atoms with Crippen LogP contribution >= 0.6 is 0 Å². The molecule has 0 aromatic carbocycles. The monoisotopic (exact) mass is 333 g/mol. The lowest BCUT2D eigenvalue weighted by Gasteiger charge is -2.31. The highest BCUT2D eigenvalue weighted by Gasteiger charge is 2.28. The molecule has 24 heavy (non-hydrogen) atoms. The fourth-order valence-electron chi connectivity index (χ4n) is 2.69. The Balaban J connectivity index is 2.08. The van der Waals surface area contributed by atoms with E-state index in [1.165, 1.54) is 0 Å². The fourth-order valence-corrected chi connectivity index (χ4v) is 2.69. The minimum absolute atomic E-state index is 0.0645. The van der Waals surface area contributed by atoms with Gasteiger partial charge in [0.25, 0.3) is 0 Å². The molecule has 0 atom stereocenters. The first-order valence-electron chi connectivity index (χ1n) is 8.45. The van der Waals surface area contributed by atoms with Crippen molar-refractivity contribution in [2.75, 3.05) is 11.4 Å². The van der Waals surface area contributed by atoms with E-state index >= 15 is 0 Å². The van der Waals surface area contributed by atoms with Crippen LogP contribution in [0.15, 0.2) is 12.1 Å². The van der Waals surface area contributed by atoms with Crippen molar-refractivity contribution in [1.82, 2.24) is 4.98 Å². The van der Waals surface area contributed by atoms with Crippen LogP contribution in [0.4, 0.5) is 10.6 Å². The molecular weight excluding hydrogens is 308 g/mol. The van der Waals surface area contributed by atoms with Crippen molar-refractivity contribution >= 4 is 17.9 Å². The lowest BCUT2D eigenvalue weighted by Crippen LogP contribution is -2.40. The molecule has 2 heterocycles. The van der Waals surface area contributed by atoms with E-state index in [4.69, 9.17) is 4.74 Å². The summed E-state index contributed by atoms with van der Waals surface area (Å²) in [5.41, 5.74) is 1.37. The predicted octanol–water partition coefficient (Wildman–Crippen LogP) is 2.23. The van der Waals surface area contributed by atoms with Crippen LogP contribution in [0.2, 0.25) is 0 Å². The van der Waals surface area contributed by atoms with E-state index < -0.39 is 11.6 Å². The lowest BCUT2D eigenvalue weighted by molar-refractivity contribution is -0.305. The van der Waals surface area contributed by atoms with E-state index in [1.54, 1.807) is 4.90 Å². The number of hydrogen-bond donors (Lipinski definition) is 0. The predicted molar refractivity (Wildman–Crippen MR) is 88.7 cm³/mol. The number of carboxylic acid groups (broad SMARTS) is 1. The Hall–Kier alpha value is -2.11. The van der Waals surface area contributed by atoms with Crippen LogP contribution in [0.1, 0.15) is 57.7 Å². The zero-order valence-electron chi connectivity index (χ0n) is 14.6. The van der Waals surface area contributed by atoms with Crippen molar-refractivity contribution in [3.8, 4) is 0 Å². The first kappa shape index (κ1) is 18.2. The highest BCUT2D eigenvalue weighted by molar-refractivity contribution is 5.88. The van der Waals surface area contributed by atoms with Gasteiger partial charge < -0.3 is 14.6 Å². The Morgan fingerprint density at radius 3 is 2.71 bits per heavy atom. The van der Waals surface area contributed by atoms with Gasteiger partial charge in [0.2, 0.25) is 0 Å². The number of amides is 1. The fraction of sp³-hybridized carbons (Fsp3) is 0.611. The van der Waals surface area contributed by atoms with Crippen molar-refractivity contribution in [3.63, 3.8) is 0 Å². The van der Waals surface area contributed by atoms with Gasteiger partial charge in [0.15, 0.2) is 0 Å². The number of aromatic nitrogens is 1. The average Bonchev–Trinajstić information content (AvgIpc) is 2.49. The molecule has 1 amide bonds. The maximum atomic E-state index is 12.4. The van der Waals surface area contributed by atoms with E-state index in [1.807, 2.05) is 32.9 Å². The number of carbonyl (C=O) groups excluding carboxylic acids is 2. The topological polar surface area (TPSA) is 82.6 Å². The zero-order chi connectivity index (χ0) is 17.7. The zero-order valence-corrected chi connectivity index (χ0v) is 14.6. The molecule has 0 fully saturated rings. The number of carboxylic acids is 1. The summed E-state index contributed by atoms with van der Waals surface area (Å²) in [7, 11) is 0. The van der Waals surface area contributed by atoms with Crippen molar-refractivity contribution < 1.29 is 19.4 Å². The van der Waals surface area contributed by atoms with Gasteiger partial charge in [0.05, 0.1) is 0 Å². The normalized spacial score (nSPS) is 14.2. The van der Waals surface area contributed by atoms with Crippen molar-refractivity contribution in [2.45, 2.75) is 64.9 Å². The Morgan fingerprint density at radius 2 is 2.04 bits per heavy atom. The molecule has 1 aliphatic heterocycles. The van der Waals surface area contributed by atoms with Crippen molar-refractivity contribution in [1.29, 1.82) is 0 Å². The van der Waals surface area contributed by atoms with Crippen LogP contribution in [-0.2, 0) is 22.4 Å². The number of ether oxygens (including phenoxy) is 1. The molecule has 0 radical (unpaired) electrons. The number of aryl methyl sites for hydroxylation is 2. The van der Waals surface area contributed by atoms with E-state index in [2.05, 4.69) is 4.98 Å². The Labute approximate surface area is 142 Å². The molecule has 1 aromatic heterocycles. The molecule has 0 bridgehead atoms. The summed E-state index contributed by atoms with van der Waals surface area (Å²) in [6.45, 7) is 6.13. The Kier molecular flexibility index (Phi) is 5.80. The molecule has 1 aromatic rings. The van der Waals surface area contributed by atoms with Gasteiger partial charge in [-0.25, -0.2) is 9.78 Å². The van der Waals surface area contributed by atoms with E-state index in [-0.39, 0.29) is 12.5 Å². The summed E-state index contributed by atoms with van der Waals surface area (Å²) in [5, 5.41) is 10.4. The average molecular weight is 333 g/mol.